The van der Waals surface area contributed by atoms with Crippen molar-refractivity contribution in [3.8, 4) is 11.3 Å². The maximum atomic E-state index is 13.0. The van der Waals surface area contributed by atoms with Gasteiger partial charge in [-0.3, -0.25) is 0 Å². The van der Waals surface area contributed by atoms with Gasteiger partial charge in [-0.1, -0.05) is 5.16 Å². The van der Waals surface area contributed by atoms with Crippen LogP contribution in [0.25, 0.3) is 11.3 Å². The van der Waals surface area contributed by atoms with Gasteiger partial charge in [0.25, 0.3) is 0 Å². The number of rotatable bonds is 1. The van der Waals surface area contributed by atoms with Crippen molar-refractivity contribution in [2.75, 3.05) is 5.73 Å². The van der Waals surface area contributed by atoms with E-state index in [9.17, 15) is 17.6 Å². The second kappa shape index (κ2) is 3.76. The lowest BCUT2D eigenvalue weighted by Gasteiger charge is -2.08. The Bertz CT molecular complexity index is 547. The van der Waals surface area contributed by atoms with Crippen molar-refractivity contribution in [2.45, 2.75) is 6.18 Å². The van der Waals surface area contributed by atoms with Gasteiger partial charge in [-0.25, -0.2) is 4.39 Å². The number of nitrogens with zero attached hydrogens (tertiary/aromatic N) is 1. The van der Waals surface area contributed by atoms with Gasteiger partial charge < -0.3 is 10.3 Å². The van der Waals surface area contributed by atoms with Gasteiger partial charge in [0.15, 0.2) is 5.76 Å². The summed E-state index contributed by atoms with van der Waals surface area (Å²) in [6, 6.07) is 2.48. The molecular weight excluding hydrogens is 240 g/mol. The van der Waals surface area contributed by atoms with E-state index in [1.807, 2.05) is 0 Å². The second-order valence-electron chi connectivity index (χ2n) is 3.30. The Labute approximate surface area is 92.8 Å². The molecule has 1 aromatic carbocycles. The molecule has 0 bridgehead atoms. The molecule has 3 nitrogen and oxygen atoms in total. The number of benzene rings is 1. The number of aromatic nitrogens is 1. The summed E-state index contributed by atoms with van der Waals surface area (Å²) in [6.07, 6.45) is -3.61. The third-order valence-corrected chi connectivity index (χ3v) is 2.13. The lowest BCUT2D eigenvalue weighted by atomic mass is 10.1. The maximum absolute atomic E-state index is 13.0. The van der Waals surface area contributed by atoms with Gasteiger partial charge >= 0.3 is 6.18 Å². The van der Waals surface area contributed by atoms with Crippen LogP contribution in [-0.4, -0.2) is 5.16 Å². The summed E-state index contributed by atoms with van der Waals surface area (Å²) in [4.78, 5) is 0. The molecule has 1 heterocycles. The van der Waals surface area contributed by atoms with E-state index in [-0.39, 0.29) is 17.0 Å². The highest BCUT2D eigenvalue weighted by Crippen LogP contribution is 2.35. The molecule has 0 atom stereocenters. The molecule has 1 aromatic heterocycles. The Morgan fingerprint density at radius 1 is 1.24 bits per heavy atom. The van der Waals surface area contributed by atoms with Crippen molar-refractivity contribution in [3.05, 3.63) is 35.8 Å². The first-order valence-corrected chi connectivity index (χ1v) is 4.47. The normalized spacial score (nSPS) is 11.8. The van der Waals surface area contributed by atoms with Crippen molar-refractivity contribution in [1.82, 2.24) is 5.16 Å². The molecule has 0 amide bonds. The standard InChI is InChI=1S/C10H6F4N2O/c11-7-2-1-5(3-6(7)10(12,13)14)9-8(15)4-16-17-9/h1-4H,15H2. The number of anilines is 1. The summed E-state index contributed by atoms with van der Waals surface area (Å²) in [7, 11) is 0. The van der Waals surface area contributed by atoms with Gasteiger partial charge in [-0.15, -0.1) is 0 Å². The molecule has 2 aromatic rings. The van der Waals surface area contributed by atoms with Crippen molar-refractivity contribution < 1.29 is 22.1 Å². The van der Waals surface area contributed by atoms with Crippen LogP contribution in [0.15, 0.2) is 28.9 Å². The Hall–Kier alpha value is -2.05. The molecule has 90 valence electrons. The van der Waals surface area contributed by atoms with Crippen LogP contribution in [0.2, 0.25) is 0 Å². The summed E-state index contributed by atoms with van der Waals surface area (Å²) < 4.78 is 55.1. The SMILES string of the molecule is Nc1cnoc1-c1ccc(F)c(C(F)(F)F)c1. The smallest absolute Gasteiger partial charge is 0.394 e. The van der Waals surface area contributed by atoms with Crippen LogP contribution >= 0.6 is 0 Å². The molecule has 2 rings (SSSR count). The molecule has 17 heavy (non-hydrogen) atoms. The van der Waals surface area contributed by atoms with Crippen LogP contribution in [0.5, 0.6) is 0 Å². The van der Waals surface area contributed by atoms with Gasteiger partial charge in [0, 0.05) is 5.56 Å². The summed E-state index contributed by atoms with van der Waals surface area (Å²) in [6.45, 7) is 0. The van der Waals surface area contributed by atoms with Crippen molar-refractivity contribution in [1.29, 1.82) is 0 Å². The van der Waals surface area contributed by atoms with E-state index >= 15 is 0 Å². The molecule has 2 N–H and O–H groups in total. The van der Waals surface area contributed by atoms with E-state index in [2.05, 4.69) is 5.16 Å². The van der Waals surface area contributed by atoms with Gasteiger partial charge in [0.2, 0.25) is 0 Å². The van der Waals surface area contributed by atoms with Crippen LogP contribution in [0.3, 0.4) is 0 Å². The Kier molecular flexibility index (Phi) is 2.53. The van der Waals surface area contributed by atoms with Gasteiger partial charge in [0.1, 0.15) is 11.5 Å². The first kappa shape index (κ1) is 11.4. The van der Waals surface area contributed by atoms with Gasteiger partial charge in [-0.05, 0) is 18.2 Å². The first-order chi connectivity index (χ1) is 7.89. The Morgan fingerprint density at radius 3 is 2.47 bits per heavy atom. The topological polar surface area (TPSA) is 52.0 Å². The molecule has 0 aliphatic heterocycles. The van der Waals surface area contributed by atoms with E-state index in [1.165, 1.54) is 0 Å². The summed E-state index contributed by atoms with van der Waals surface area (Å²) in [5.41, 5.74) is 4.18. The Morgan fingerprint density at radius 2 is 1.94 bits per heavy atom. The minimum absolute atomic E-state index is 0.0181. The lowest BCUT2D eigenvalue weighted by Crippen LogP contribution is -2.08. The third-order valence-electron chi connectivity index (χ3n) is 2.13. The Balaban J connectivity index is 2.56. The fourth-order valence-electron chi connectivity index (χ4n) is 1.35. The number of hydrogen-bond donors (Lipinski definition) is 1. The van der Waals surface area contributed by atoms with E-state index < -0.39 is 17.6 Å². The fourth-order valence-corrected chi connectivity index (χ4v) is 1.35. The zero-order valence-corrected chi connectivity index (χ0v) is 8.25. The summed E-state index contributed by atoms with van der Waals surface area (Å²) in [5.74, 6) is -1.37. The lowest BCUT2D eigenvalue weighted by molar-refractivity contribution is -0.139. The third kappa shape index (κ3) is 2.08. The number of alkyl halides is 3. The van der Waals surface area contributed by atoms with E-state index in [1.54, 1.807) is 0 Å². The highest BCUT2D eigenvalue weighted by atomic mass is 19.4. The zero-order valence-electron chi connectivity index (χ0n) is 8.25. The van der Waals surface area contributed by atoms with E-state index in [4.69, 9.17) is 10.3 Å². The number of nitrogens with two attached hydrogens (primary N) is 1. The molecular formula is C10H6F4N2O. The second-order valence-corrected chi connectivity index (χ2v) is 3.30. The van der Waals surface area contributed by atoms with Crippen LogP contribution < -0.4 is 5.73 Å². The molecule has 0 fully saturated rings. The van der Waals surface area contributed by atoms with Crippen molar-refractivity contribution in [3.63, 3.8) is 0 Å². The maximum Gasteiger partial charge on any atom is 0.419 e. The predicted octanol–water partition coefficient (Wildman–Crippen LogP) is 3.08. The first-order valence-electron chi connectivity index (χ1n) is 4.47. The summed E-state index contributed by atoms with van der Waals surface area (Å²) >= 11 is 0. The van der Waals surface area contributed by atoms with Crippen LogP contribution in [0, 0.1) is 5.82 Å². The largest absolute Gasteiger partial charge is 0.419 e. The number of nitrogen functional groups attached to an aromatic ring is 1. The molecule has 0 spiro atoms. The quantitative estimate of drug-likeness (QED) is 0.786. The minimum Gasteiger partial charge on any atom is -0.394 e. The highest BCUT2D eigenvalue weighted by molar-refractivity contribution is 5.70. The molecule has 7 heteroatoms. The molecule has 0 aliphatic rings. The molecule has 0 saturated heterocycles. The number of hydrogen-bond acceptors (Lipinski definition) is 3. The molecule has 0 saturated carbocycles. The van der Waals surface area contributed by atoms with E-state index in [0.717, 1.165) is 12.3 Å². The van der Waals surface area contributed by atoms with Crippen LogP contribution in [0.1, 0.15) is 5.56 Å². The average Bonchev–Trinajstić information content (AvgIpc) is 2.63. The monoisotopic (exact) mass is 246 g/mol. The average molecular weight is 246 g/mol. The highest BCUT2D eigenvalue weighted by Gasteiger charge is 2.34. The van der Waals surface area contributed by atoms with Crippen molar-refractivity contribution >= 4 is 5.69 Å². The van der Waals surface area contributed by atoms with Gasteiger partial charge in [0.05, 0.1) is 11.8 Å². The van der Waals surface area contributed by atoms with Crippen molar-refractivity contribution in [2.24, 2.45) is 0 Å². The van der Waals surface area contributed by atoms with Crippen LogP contribution in [-0.2, 0) is 6.18 Å². The minimum atomic E-state index is -4.77. The molecule has 0 radical (unpaired) electrons. The fraction of sp³-hybridized carbons (Fsp3) is 0.100. The summed E-state index contributed by atoms with van der Waals surface area (Å²) in [5, 5.41) is 3.34. The zero-order chi connectivity index (χ0) is 12.6. The molecule has 0 unspecified atom stereocenters. The predicted molar refractivity (Wildman–Crippen MR) is 51.3 cm³/mol. The van der Waals surface area contributed by atoms with Gasteiger partial charge in [-0.2, -0.15) is 13.2 Å². The molecule has 0 aliphatic carbocycles. The van der Waals surface area contributed by atoms with E-state index in [0.29, 0.717) is 12.1 Å². The number of halogens is 4. The van der Waals surface area contributed by atoms with Crippen LogP contribution in [0.4, 0.5) is 23.2 Å².